The number of nitrogens with zero attached hydrogens (tertiary/aromatic N) is 2. The smallest absolute Gasteiger partial charge is 0.283 e. The number of thioether (sulfide) groups is 1. The summed E-state index contributed by atoms with van der Waals surface area (Å²) < 4.78 is 10.8. The third kappa shape index (κ3) is 4.05. The number of hydrogen-bond donors (Lipinski definition) is 1. The van der Waals surface area contributed by atoms with Gasteiger partial charge in [-0.2, -0.15) is 0 Å². The SMILES string of the molecule is Cc1ccc(N2C(=O)/C(=C\c3ccc4c(c3)OCO4)N=C2SCC(=O)c2c[nH]c3ccccc23)cc1. The number of ketones is 1. The lowest BCUT2D eigenvalue weighted by atomic mass is 10.1. The summed E-state index contributed by atoms with van der Waals surface area (Å²) >= 11 is 1.25. The molecule has 36 heavy (non-hydrogen) atoms. The van der Waals surface area contributed by atoms with Crippen molar-refractivity contribution in [2.24, 2.45) is 4.99 Å². The second-order valence-corrected chi connectivity index (χ2v) is 9.42. The Balaban J connectivity index is 1.30. The molecule has 2 aliphatic rings. The lowest BCUT2D eigenvalue weighted by molar-refractivity contribution is -0.113. The van der Waals surface area contributed by atoms with Gasteiger partial charge in [-0.05, 0) is 48.9 Å². The molecule has 7 nitrogen and oxygen atoms in total. The molecule has 0 fully saturated rings. The number of carbonyl (C=O) groups excluding carboxylic acids is 2. The Kier molecular flexibility index (Phi) is 5.58. The van der Waals surface area contributed by atoms with Crippen molar-refractivity contribution in [3.05, 3.63) is 95.3 Å². The Morgan fingerprint density at radius 3 is 2.75 bits per heavy atom. The summed E-state index contributed by atoms with van der Waals surface area (Å²) in [5.74, 6) is 1.16. The summed E-state index contributed by atoms with van der Waals surface area (Å²) in [6, 6.07) is 20.8. The highest BCUT2D eigenvalue weighted by molar-refractivity contribution is 8.14. The van der Waals surface area contributed by atoms with E-state index in [0.717, 1.165) is 22.0 Å². The number of H-pyrrole nitrogens is 1. The molecule has 0 atom stereocenters. The van der Waals surface area contributed by atoms with Crippen LogP contribution in [0.15, 0.2) is 83.6 Å². The van der Waals surface area contributed by atoms with E-state index < -0.39 is 0 Å². The summed E-state index contributed by atoms with van der Waals surface area (Å²) in [7, 11) is 0. The monoisotopic (exact) mass is 495 g/mol. The highest BCUT2D eigenvalue weighted by atomic mass is 32.2. The van der Waals surface area contributed by atoms with Crippen molar-refractivity contribution in [2.45, 2.75) is 6.92 Å². The van der Waals surface area contributed by atoms with E-state index in [1.165, 1.54) is 11.8 Å². The van der Waals surface area contributed by atoms with E-state index in [4.69, 9.17) is 9.47 Å². The maximum absolute atomic E-state index is 13.5. The minimum atomic E-state index is -0.251. The molecule has 3 heterocycles. The first-order valence-corrected chi connectivity index (χ1v) is 12.4. The number of aromatic amines is 1. The van der Waals surface area contributed by atoms with Crippen LogP contribution >= 0.6 is 11.8 Å². The Labute approximate surface area is 211 Å². The molecule has 1 amide bonds. The summed E-state index contributed by atoms with van der Waals surface area (Å²) in [6.45, 7) is 2.17. The Bertz CT molecular complexity index is 1570. The quantitative estimate of drug-likeness (QED) is 0.289. The first-order valence-electron chi connectivity index (χ1n) is 11.4. The fourth-order valence-corrected chi connectivity index (χ4v) is 5.08. The zero-order chi connectivity index (χ0) is 24.6. The van der Waals surface area contributed by atoms with Gasteiger partial charge in [0, 0.05) is 22.7 Å². The van der Waals surface area contributed by atoms with Crippen molar-refractivity contribution >= 4 is 51.3 Å². The number of aryl methyl sites for hydroxylation is 1. The molecule has 0 radical (unpaired) electrons. The number of Topliss-reactive ketones (excluding diaryl/α,β-unsaturated/α-hetero) is 1. The number of rotatable bonds is 5. The predicted octanol–water partition coefficient (Wildman–Crippen LogP) is 5.56. The van der Waals surface area contributed by atoms with Crippen LogP contribution in [0.2, 0.25) is 0 Å². The van der Waals surface area contributed by atoms with Gasteiger partial charge in [0.05, 0.1) is 11.4 Å². The molecule has 0 saturated heterocycles. The minimum Gasteiger partial charge on any atom is -0.454 e. The topological polar surface area (TPSA) is 84.0 Å². The van der Waals surface area contributed by atoms with E-state index in [-0.39, 0.29) is 29.9 Å². The number of nitrogens with one attached hydrogen (secondary N) is 1. The fraction of sp³-hybridized carbons (Fsp3) is 0.107. The van der Waals surface area contributed by atoms with E-state index in [1.807, 2.05) is 73.7 Å². The number of benzene rings is 3. The molecule has 178 valence electrons. The van der Waals surface area contributed by atoms with Crippen LogP contribution in [0.4, 0.5) is 5.69 Å². The first kappa shape index (κ1) is 22.2. The normalized spacial score (nSPS) is 15.7. The maximum Gasteiger partial charge on any atom is 0.283 e. The van der Waals surface area contributed by atoms with Crippen LogP contribution in [-0.2, 0) is 4.79 Å². The second-order valence-electron chi connectivity index (χ2n) is 8.47. The molecule has 3 aromatic carbocycles. The molecule has 0 aliphatic carbocycles. The van der Waals surface area contributed by atoms with Crippen LogP contribution in [0.1, 0.15) is 21.5 Å². The average Bonchev–Trinajstić information content (AvgIpc) is 3.61. The van der Waals surface area contributed by atoms with Crippen LogP contribution in [0.5, 0.6) is 11.5 Å². The highest BCUT2D eigenvalue weighted by Crippen LogP contribution is 2.35. The van der Waals surface area contributed by atoms with Crippen molar-refractivity contribution in [3.8, 4) is 11.5 Å². The zero-order valence-electron chi connectivity index (χ0n) is 19.4. The van der Waals surface area contributed by atoms with Gasteiger partial charge in [-0.15, -0.1) is 0 Å². The van der Waals surface area contributed by atoms with Gasteiger partial charge in [-0.3, -0.25) is 14.5 Å². The van der Waals surface area contributed by atoms with Crippen molar-refractivity contribution in [2.75, 3.05) is 17.4 Å². The standard InChI is InChI=1S/C28H21N3O4S/c1-17-6-9-19(10-7-17)31-27(33)23(12-18-8-11-25-26(13-18)35-16-34-25)30-28(31)36-15-24(32)21-14-29-22-5-3-2-4-20(21)22/h2-14,29H,15-16H2,1H3/b23-12+. The molecule has 1 N–H and O–H groups in total. The maximum atomic E-state index is 13.5. The van der Waals surface area contributed by atoms with Crippen LogP contribution < -0.4 is 14.4 Å². The van der Waals surface area contributed by atoms with Gasteiger partial charge in [0.1, 0.15) is 5.70 Å². The van der Waals surface area contributed by atoms with Gasteiger partial charge >= 0.3 is 0 Å². The Hall–Kier alpha value is -4.30. The molecule has 0 spiro atoms. The molecule has 2 aliphatic heterocycles. The second kappa shape index (κ2) is 9.05. The number of amides is 1. The summed E-state index contributed by atoms with van der Waals surface area (Å²) in [6.07, 6.45) is 3.46. The van der Waals surface area contributed by atoms with Gasteiger partial charge in [-0.25, -0.2) is 4.99 Å². The zero-order valence-corrected chi connectivity index (χ0v) is 20.2. The van der Waals surface area contributed by atoms with Crippen molar-refractivity contribution < 1.29 is 19.1 Å². The Morgan fingerprint density at radius 2 is 1.89 bits per heavy atom. The lowest BCUT2D eigenvalue weighted by Gasteiger charge is -2.17. The number of fused-ring (bicyclic) bond motifs is 2. The number of amidine groups is 1. The van der Waals surface area contributed by atoms with E-state index >= 15 is 0 Å². The van der Waals surface area contributed by atoms with E-state index in [1.54, 1.807) is 17.2 Å². The van der Waals surface area contributed by atoms with Gasteiger partial charge < -0.3 is 14.5 Å². The number of aromatic nitrogens is 1. The Morgan fingerprint density at radius 1 is 1.08 bits per heavy atom. The molecule has 8 heteroatoms. The number of anilines is 1. The van der Waals surface area contributed by atoms with E-state index in [0.29, 0.717) is 27.9 Å². The molecule has 0 unspecified atom stereocenters. The van der Waals surface area contributed by atoms with Crippen molar-refractivity contribution in [1.29, 1.82) is 0 Å². The minimum absolute atomic E-state index is 0.0374. The van der Waals surface area contributed by atoms with Crippen LogP contribution in [-0.4, -0.2) is 34.4 Å². The number of aliphatic imine (C=N–C) groups is 1. The summed E-state index contributed by atoms with van der Waals surface area (Å²) in [5.41, 5.74) is 4.39. The predicted molar refractivity (Wildman–Crippen MR) is 142 cm³/mol. The first-order chi connectivity index (χ1) is 17.6. The number of hydrogen-bond acceptors (Lipinski definition) is 6. The largest absolute Gasteiger partial charge is 0.454 e. The van der Waals surface area contributed by atoms with Crippen LogP contribution in [0.25, 0.3) is 17.0 Å². The summed E-state index contributed by atoms with van der Waals surface area (Å²) in [4.78, 5) is 35.9. The van der Waals surface area contributed by atoms with Gasteiger partial charge in [-0.1, -0.05) is 53.7 Å². The van der Waals surface area contributed by atoms with Gasteiger partial charge in [0.25, 0.3) is 5.91 Å². The van der Waals surface area contributed by atoms with E-state index in [9.17, 15) is 9.59 Å². The third-order valence-electron chi connectivity index (χ3n) is 6.04. The molecule has 0 bridgehead atoms. The third-order valence-corrected chi connectivity index (χ3v) is 6.98. The highest BCUT2D eigenvalue weighted by Gasteiger charge is 2.32. The van der Waals surface area contributed by atoms with Crippen LogP contribution in [0, 0.1) is 6.92 Å². The molecule has 4 aromatic rings. The van der Waals surface area contributed by atoms with E-state index in [2.05, 4.69) is 9.98 Å². The average molecular weight is 496 g/mol. The lowest BCUT2D eigenvalue weighted by Crippen LogP contribution is -2.30. The number of ether oxygens (including phenoxy) is 2. The molecule has 0 saturated carbocycles. The van der Waals surface area contributed by atoms with Gasteiger partial charge in [0.2, 0.25) is 6.79 Å². The van der Waals surface area contributed by atoms with Crippen molar-refractivity contribution in [1.82, 2.24) is 4.98 Å². The summed E-state index contributed by atoms with van der Waals surface area (Å²) in [5, 5.41) is 1.34. The number of para-hydroxylation sites is 1. The molecular formula is C28H21N3O4S. The molecule has 1 aromatic heterocycles. The number of carbonyl (C=O) groups is 2. The fourth-order valence-electron chi connectivity index (χ4n) is 4.19. The van der Waals surface area contributed by atoms with Gasteiger partial charge in [0.15, 0.2) is 22.4 Å². The molecular weight excluding hydrogens is 474 g/mol. The van der Waals surface area contributed by atoms with Crippen molar-refractivity contribution in [3.63, 3.8) is 0 Å². The van der Waals surface area contributed by atoms with Crippen LogP contribution in [0.3, 0.4) is 0 Å². The molecule has 6 rings (SSSR count).